The van der Waals surface area contributed by atoms with Gasteiger partial charge in [0.2, 0.25) is 15.9 Å². The van der Waals surface area contributed by atoms with Crippen molar-refractivity contribution in [3.05, 3.63) is 57.8 Å². The Morgan fingerprint density at radius 2 is 1.85 bits per heavy atom. The fourth-order valence-corrected chi connectivity index (χ4v) is 4.12. The second-order valence-electron chi connectivity index (χ2n) is 6.14. The quantitative estimate of drug-likeness (QED) is 0.760. The largest absolute Gasteiger partial charge is 0.322 e. The summed E-state index contributed by atoms with van der Waals surface area (Å²) in [6.45, 7) is 5.08. The van der Waals surface area contributed by atoms with Gasteiger partial charge in [0.25, 0.3) is 0 Å². The highest BCUT2D eigenvalue weighted by Gasteiger charge is 2.30. The zero-order valence-electron chi connectivity index (χ0n) is 14.9. The summed E-state index contributed by atoms with van der Waals surface area (Å²) in [6, 6.07) is 8.52. The highest BCUT2D eigenvalue weighted by molar-refractivity contribution is 9.10. The minimum absolute atomic E-state index is 0.0144. The van der Waals surface area contributed by atoms with Crippen molar-refractivity contribution in [3.8, 4) is 0 Å². The minimum atomic E-state index is -3.74. The number of hydrogen-bond donors (Lipinski definition) is 1. The van der Waals surface area contributed by atoms with Crippen molar-refractivity contribution in [2.45, 2.75) is 26.8 Å². The molecule has 8 heteroatoms. The van der Waals surface area contributed by atoms with Crippen molar-refractivity contribution < 1.29 is 17.6 Å². The summed E-state index contributed by atoms with van der Waals surface area (Å²) in [4.78, 5) is 12.6. The molecular weight excluding hydrogens is 423 g/mol. The van der Waals surface area contributed by atoms with Gasteiger partial charge < -0.3 is 5.32 Å². The molecule has 0 aliphatic rings. The van der Waals surface area contributed by atoms with Crippen LogP contribution in [0.15, 0.2) is 40.9 Å². The summed E-state index contributed by atoms with van der Waals surface area (Å²) in [5.74, 6) is -1.24. The van der Waals surface area contributed by atoms with Crippen LogP contribution in [0.5, 0.6) is 0 Å². The van der Waals surface area contributed by atoms with Crippen LogP contribution in [0.4, 0.5) is 15.8 Å². The fraction of sp³-hybridized carbons (Fsp3) is 0.278. The molecular formula is C18H20BrFN2O3S. The SMILES string of the molecule is Cc1ccc(C)c(N([C@H](C)C(=O)Nc2ccc(Br)cc2F)S(C)(=O)=O)c1. The number of anilines is 2. The average molecular weight is 443 g/mol. The molecule has 0 saturated carbocycles. The van der Waals surface area contributed by atoms with E-state index in [2.05, 4.69) is 21.2 Å². The summed E-state index contributed by atoms with van der Waals surface area (Å²) in [5.41, 5.74) is 1.99. The number of hydrogen-bond acceptors (Lipinski definition) is 3. The number of carbonyl (C=O) groups excluding carboxylic acids is 1. The minimum Gasteiger partial charge on any atom is -0.322 e. The van der Waals surface area contributed by atoms with Crippen LogP contribution in [0.25, 0.3) is 0 Å². The number of nitrogens with one attached hydrogen (secondary N) is 1. The molecule has 2 aromatic rings. The molecule has 1 atom stereocenters. The topological polar surface area (TPSA) is 66.5 Å². The third-order valence-electron chi connectivity index (χ3n) is 3.88. The average Bonchev–Trinajstić information content (AvgIpc) is 2.52. The number of carbonyl (C=O) groups is 1. The second kappa shape index (κ2) is 7.75. The lowest BCUT2D eigenvalue weighted by molar-refractivity contribution is -0.116. The molecule has 0 bridgehead atoms. The zero-order chi connectivity index (χ0) is 19.6. The highest BCUT2D eigenvalue weighted by atomic mass is 79.9. The molecule has 0 aliphatic carbocycles. The Morgan fingerprint density at radius 3 is 2.42 bits per heavy atom. The van der Waals surface area contributed by atoms with Crippen molar-refractivity contribution in [3.63, 3.8) is 0 Å². The van der Waals surface area contributed by atoms with Crippen LogP contribution in [-0.2, 0) is 14.8 Å². The third kappa shape index (κ3) is 4.62. The molecule has 0 saturated heterocycles. The van der Waals surface area contributed by atoms with Crippen molar-refractivity contribution in [1.82, 2.24) is 0 Å². The lowest BCUT2D eigenvalue weighted by Gasteiger charge is -2.29. The molecule has 0 aliphatic heterocycles. The normalized spacial score (nSPS) is 12.5. The van der Waals surface area contributed by atoms with E-state index in [1.165, 1.54) is 19.1 Å². The molecule has 140 valence electrons. The Morgan fingerprint density at radius 1 is 1.19 bits per heavy atom. The van der Waals surface area contributed by atoms with Crippen molar-refractivity contribution >= 4 is 43.2 Å². The van der Waals surface area contributed by atoms with E-state index in [0.717, 1.165) is 21.7 Å². The summed E-state index contributed by atoms with van der Waals surface area (Å²) in [7, 11) is -3.74. The molecule has 2 aromatic carbocycles. The van der Waals surface area contributed by atoms with E-state index < -0.39 is 27.8 Å². The lowest BCUT2D eigenvalue weighted by Crippen LogP contribution is -2.45. The van der Waals surface area contributed by atoms with Gasteiger partial charge in [-0.1, -0.05) is 28.1 Å². The van der Waals surface area contributed by atoms with Crippen LogP contribution in [0, 0.1) is 19.7 Å². The van der Waals surface area contributed by atoms with Crippen LogP contribution >= 0.6 is 15.9 Å². The molecule has 0 unspecified atom stereocenters. The van der Waals surface area contributed by atoms with Gasteiger partial charge in [-0.3, -0.25) is 9.10 Å². The van der Waals surface area contributed by atoms with E-state index in [-0.39, 0.29) is 5.69 Å². The molecule has 0 heterocycles. The third-order valence-corrected chi connectivity index (χ3v) is 5.60. The van der Waals surface area contributed by atoms with Gasteiger partial charge in [0.15, 0.2) is 0 Å². The van der Waals surface area contributed by atoms with Gasteiger partial charge in [0.1, 0.15) is 11.9 Å². The number of aryl methyl sites for hydroxylation is 2. The Hall–Kier alpha value is -1.93. The van der Waals surface area contributed by atoms with Crippen molar-refractivity contribution in [2.75, 3.05) is 15.9 Å². The van der Waals surface area contributed by atoms with Crippen molar-refractivity contribution in [1.29, 1.82) is 0 Å². The Kier molecular flexibility index (Phi) is 6.08. The van der Waals surface area contributed by atoms with E-state index in [0.29, 0.717) is 10.2 Å². The molecule has 1 amide bonds. The number of sulfonamides is 1. The standard InChI is InChI=1S/C18H20BrFN2O3S/c1-11-5-6-12(2)17(9-11)22(26(4,24)25)13(3)18(23)21-16-8-7-14(19)10-15(16)20/h5-10,13H,1-4H3,(H,21,23)/t13-/m1/s1. The number of rotatable bonds is 5. The van der Waals surface area contributed by atoms with Gasteiger partial charge in [0.05, 0.1) is 17.6 Å². The first-order valence-electron chi connectivity index (χ1n) is 7.83. The first kappa shape index (κ1) is 20.4. The van der Waals surface area contributed by atoms with Gasteiger partial charge in [-0.25, -0.2) is 12.8 Å². The van der Waals surface area contributed by atoms with E-state index in [4.69, 9.17) is 0 Å². The molecule has 2 rings (SSSR count). The lowest BCUT2D eigenvalue weighted by atomic mass is 10.1. The predicted octanol–water partition coefficient (Wildman–Crippen LogP) is 4.00. The summed E-state index contributed by atoms with van der Waals surface area (Å²) in [5, 5.41) is 2.45. The molecule has 0 fully saturated rings. The maximum atomic E-state index is 14.0. The van der Waals surface area contributed by atoms with Gasteiger partial charge in [-0.2, -0.15) is 0 Å². The monoisotopic (exact) mass is 442 g/mol. The van der Waals surface area contributed by atoms with Crippen LogP contribution in [0.1, 0.15) is 18.1 Å². The molecule has 26 heavy (non-hydrogen) atoms. The summed E-state index contributed by atoms with van der Waals surface area (Å²) < 4.78 is 40.3. The number of benzene rings is 2. The molecule has 0 spiro atoms. The molecule has 0 aromatic heterocycles. The van der Waals surface area contributed by atoms with Crippen LogP contribution in [-0.4, -0.2) is 26.6 Å². The molecule has 0 radical (unpaired) electrons. The highest BCUT2D eigenvalue weighted by Crippen LogP contribution is 2.27. The van der Waals surface area contributed by atoms with Crippen LogP contribution in [0.2, 0.25) is 0 Å². The smallest absolute Gasteiger partial charge is 0.248 e. The van der Waals surface area contributed by atoms with Crippen LogP contribution < -0.4 is 9.62 Å². The zero-order valence-corrected chi connectivity index (χ0v) is 17.3. The number of amides is 1. The van der Waals surface area contributed by atoms with Crippen molar-refractivity contribution in [2.24, 2.45) is 0 Å². The van der Waals surface area contributed by atoms with Gasteiger partial charge in [0, 0.05) is 4.47 Å². The molecule has 1 N–H and O–H groups in total. The predicted molar refractivity (Wildman–Crippen MR) is 105 cm³/mol. The Balaban J connectivity index is 2.39. The number of nitrogens with zero attached hydrogens (tertiary/aromatic N) is 1. The van der Waals surface area contributed by atoms with E-state index in [9.17, 15) is 17.6 Å². The number of halogens is 2. The maximum absolute atomic E-state index is 14.0. The van der Waals surface area contributed by atoms with E-state index in [1.807, 2.05) is 13.0 Å². The van der Waals surface area contributed by atoms with Crippen LogP contribution in [0.3, 0.4) is 0 Å². The maximum Gasteiger partial charge on any atom is 0.248 e. The molecule has 5 nitrogen and oxygen atoms in total. The van der Waals surface area contributed by atoms with Gasteiger partial charge in [-0.15, -0.1) is 0 Å². The first-order valence-corrected chi connectivity index (χ1v) is 10.5. The Labute approximate surface area is 161 Å². The van der Waals surface area contributed by atoms with Gasteiger partial charge in [-0.05, 0) is 56.2 Å². The first-order chi connectivity index (χ1) is 12.0. The summed E-state index contributed by atoms with van der Waals surface area (Å²) >= 11 is 3.15. The van der Waals surface area contributed by atoms with E-state index >= 15 is 0 Å². The van der Waals surface area contributed by atoms with E-state index in [1.54, 1.807) is 25.1 Å². The fourth-order valence-electron chi connectivity index (χ4n) is 2.57. The Bertz CT molecular complexity index is 947. The van der Waals surface area contributed by atoms with Gasteiger partial charge >= 0.3 is 0 Å². The summed E-state index contributed by atoms with van der Waals surface area (Å²) in [6.07, 6.45) is 1.04. The second-order valence-corrected chi connectivity index (χ2v) is 8.91.